The summed E-state index contributed by atoms with van der Waals surface area (Å²) in [5, 5.41) is 30.6. The van der Waals surface area contributed by atoms with Crippen LogP contribution in [0.2, 0.25) is 0 Å². The molecule has 0 bridgehead atoms. The molecule has 2 atom stereocenters. The molecule has 65 valence electrons. The van der Waals surface area contributed by atoms with Crippen LogP contribution in [-0.2, 0) is 4.79 Å². The van der Waals surface area contributed by atoms with E-state index in [-0.39, 0.29) is 7.69 Å². The number of aliphatic carboxylic acids is 1. The highest BCUT2D eigenvalue weighted by molar-refractivity contribution is 6.13. The van der Waals surface area contributed by atoms with Crippen LogP contribution in [0.5, 0.6) is 0 Å². The summed E-state index contributed by atoms with van der Waals surface area (Å²) in [7, 11) is 0. The first-order valence-corrected chi connectivity index (χ1v) is 2.74. The molecule has 0 heterocycles. The molecule has 0 aromatic rings. The zero-order chi connectivity index (χ0) is 9.44. The van der Waals surface area contributed by atoms with Crippen molar-refractivity contribution >= 4 is 13.7 Å². The summed E-state index contributed by atoms with van der Waals surface area (Å²) in [4.78, 5) is 9.86. The van der Waals surface area contributed by atoms with Gasteiger partial charge in [-0.05, 0) is 6.92 Å². The number of carboxylic acid groups (broad SMARTS) is 1. The SMILES string of the molecule is CC(O)C(N)C(=O)O.O[B]O. The van der Waals surface area contributed by atoms with Crippen molar-refractivity contribution in [3.63, 3.8) is 0 Å². The van der Waals surface area contributed by atoms with E-state index in [1.54, 1.807) is 0 Å². The second kappa shape index (κ2) is 7.48. The van der Waals surface area contributed by atoms with Crippen LogP contribution in [-0.4, -0.2) is 46.1 Å². The lowest BCUT2D eigenvalue weighted by molar-refractivity contribution is -0.140. The average Bonchev–Trinajstić information content (AvgIpc) is 1.87. The van der Waals surface area contributed by atoms with Gasteiger partial charge in [0.25, 0.3) is 0 Å². The normalized spacial score (nSPS) is 13.9. The number of hydrogen-bond donors (Lipinski definition) is 5. The Hall–Kier alpha value is -0.625. The van der Waals surface area contributed by atoms with Crippen LogP contribution >= 0.6 is 0 Å². The van der Waals surface area contributed by atoms with Gasteiger partial charge in [-0.1, -0.05) is 0 Å². The molecule has 1 radical (unpaired) electrons. The Kier molecular flexibility index (Phi) is 8.84. The highest BCUT2D eigenvalue weighted by Gasteiger charge is 2.16. The number of aliphatic hydroxyl groups is 1. The van der Waals surface area contributed by atoms with Gasteiger partial charge in [-0.25, -0.2) is 0 Å². The Labute approximate surface area is 64.6 Å². The predicted octanol–water partition coefficient (Wildman–Crippen LogP) is -2.72. The maximum atomic E-state index is 9.86. The maximum absolute atomic E-state index is 9.86. The largest absolute Gasteiger partial charge is 0.482 e. The van der Waals surface area contributed by atoms with Crippen LogP contribution in [0.15, 0.2) is 0 Å². The number of rotatable bonds is 2. The van der Waals surface area contributed by atoms with E-state index in [0.717, 1.165) is 0 Å². The highest BCUT2D eigenvalue weighted by Crippen LogP contribution is 1.85. The molecule has 0 saturated carbocycles. The molecule has 0 aliphatic heterocycles. The van der Waals surface area contributed by atoms with Crippen molar-refractivity contribution in [3.8, 4) is 0 Å². The van der Waals surface area contributed by atoms with Gasteiger partial charge < -0.3 is 26.0 Å². The van der Waals surface area contributed by atoms with Gasteiger partial charge in [-0.15, -0.1) is 0 Å². The monoisotopic (exact) mass is 164 g/mol. The van der Waals surface area contributed by atoms with E-state index in [2.05, 4.69) is 0 Å². The minimum atomic E-state index is -1.18. The molecule has 0 rings (SSSR count). The fourth-order valence-electron chi connectivity index (χ4n) is 0.206. The summed E-state index contributed by atoms with van der Waals surface area (Å²) in [6.07, 6.45) is -0.979. The summed E-state index contributed by atoms with van der Waals surface area (Å²) < 4.78 is 0. The predicted molar refractivity (Wildman–Crippen MR) is 37.5 cm³/mol. The van der Waals surface area contributed by atoms with Gasteiger partial charge in [0.2, 0.25) is 0 Å². The molecule has 0 aliphatic carbocycles. The van der Waals surface area contributed by atoms with Gasteiger partial charge in [-0.3, -0.25) is 4.79 Å². The summed E-state index contributed by atoms with van der Waals surface area (Å²) in [5.74, 6) is -1.18. The molecule has 0 fully saturated rings. The van der Waals surface area contributed by atoms with Crippen LogP contribution in [0.1, 0.15) is 6.92 Å². The van der Waals surface area contributed by atoms with E-state index < -0.39 is 18.1 Å². The fraction of sp³-hybridized carbons (Fsp3) is 0.750. The molecule has 2 unspecified atom stereocenters. The smallest absolute Gasteiger partial charge is 0.480 e. The summed E-state index contributed by atoms with van der Waals surface area (Å²) in [6, 6.07) is -1.16. The van der Waals surface area contributed by atoms with Crippen LogP contribution in [0.3, 0.4) is 0 Å². The highest BCUT2D eigenvalue weighted by atomic mass is 16.4. The lowest BCUT2D eigenvalue weighted by Gasteiger charge is -2.06. The molecule has 7 heteroatoms. The Morgan fingerprint density at radius 2 is 1.82 bits per heavy atom. The van der Waals surface area contributed by atoms with Gasteiger partial charge in [-0.2, -0.15) is 0 Å². The van der Waals surface area contributed by atoms with E-state index >= 15 is 0 Å². The van der Waals surface area contributed by atoms with Crippen molar-refractivity contribution in [3.05, 3.63) is 0 Å². The van der Waals surface area contributed by atoms with Crippen LogP contribution in [0.4, 0.5) is 0 Å². The zero-order valence-corrected chi connectivity index (χ0v) is 6.01. The number of carbonyl (C=O) groups is 1. The summed E-state index contributed by atoms with van der Waals surface area (Å²) >= 11 is 0. The Morgan fingerprint density at radius 3 is 1.82 bits per heavy atom. The number of nitrogens with two attached hydrogens (primary N) is 1. The number of hydrogen-bond acceptors (Lipinski definition) is 5. The molecule has 6 nitrogen and oxygen atoms in total. The van der Waals surface area contributed by atoms with Crippen molar-refractivity contribution in [2.75, 3.05) is 0 Å². The quantitative estimate of drug-likeness (QED) is 0.282. The fourth-order valence-corrected chi connectivity index (χ4v) is 0.206. The molecule has 0 amide bonds. The molecule has 6 N–H and O–H groups in total. The van der Waals surface area contributed by atoms with E-state index in [4.69, 9.17) is 26.0 Å². The molecular weight excluding hydrogens is 153 g/mol. The Morgan fingerprint density at radius 1 is 1.55 bits per heavy atom. The van der Waals surface area contributed by atoms with E-state index in [0.29, 0.717) is 0 Å². The van der Waals surface area contributed by atoms with Gasteiger partial charge in [0.1, 0.15) is 6.04 Å². The second-order valence-corrected chi connectivity index (χ2v) is 1.72. The second-order valence-electron chi connectivity index (χ2n) is 1.72. The van der Waals surface area contributed by atoms with Gasteiger partial charge in [0, 0.05) is 0 Å². The van der Waals surface area contributed by atoms with E-state index in [9.17, 15) is 4.79 Å². The van der Waals surface area contributed by atoms with Gasteiger partial charge in [0.05, 0.1) is 6.10 Å². The topological polar surface area (TPSA) is 124 Å². The lowest BCUT2D eigenvalue weighted by Crippen LogP contribution is -2.39. The number of aliphatic hydroxyl groups excluding tert-OH is 1. The molecule has 0 aromatic carbocycles. The maximum Gasteiger partial charge on any atom is 0.482 e. The molecule has 0 aliphatic rings. The van der Waals surface area contributed by atoms with Gasteiger partial charge in [0.15, 0.2) is 0 Å². The molecule has 0 saturated heterocycles. The average molecular weight is 164 g/mol. The third-order valence-corrected chi connectivity index (χ3v) is 0.805. The third kappa shape index (κ3) is 9.37. The first kappa shape index (κ1) is 13.0. The number of carboxylic acids is 1. The van der Waals surface area contributed by atoms with Gasteiger partial charge >= 0.3 is 13.7 Å². The minimum Gasteiger partial charge on any atom is -0.480 e. The van der Waals surface area contributed by atoms with Crippen LogP contribution in [0, 0.1) is 0 Å². The van der Waals surface area contributed by atoms with Crippen LogP contribution < -0.4 is 5.73 Å². The first-order valence-electron chi connectivity index (χ1n) is 2.74. The molecule has 11 heavy (non-hydrogen) atoms. The standard InChI is InChI=1S/C4H9NO3.BH2O2/c1-2(6)3(5)4(7)8;2-1-3/h2-3,6H,5H2,1H3,(H,7,8);2-3H. The molecule has 0 spiro atoms. The summed E-state index contributed by atoms with van der Waals surface area (Å²) in [6.45, 7) is 1.33. The molecule has 0 aromatic heterocycles. The third-order valence-electron chi connectivity index (χ3n) is 0.805. The van der Waals surface area contributed by atoms with Crippen molar-refractivity contribution < 1.29 is 25.1 Å². The van der Waals surface area contributed by atoms with Crippen LogP contribution in [0.25, 0.3) is 0 Å². The lowest BCUT2D eigenvalue weighted by atomic mass is 10.2. The Bertz CT molecular complexity index is 109. The molecular formula is C4H11BNO5. The first-order chi connectivity index (χ1) is 4.97. The Balaban J connectivity index is 0. The summed E-state index contributed by atoms with van der Waals surface area (Å²) in [5.41, 5.74) is 4.91. The van der Waals surface area contributed by atoms with E-state index in [1.165, 1.54) is 6.92 Å². The van der Waals surface area contributed by atoms with E-state index in [1.807, 2.05) is 0 Å². The van der Waals surface area contributed by atoms with Crippen molar-refractivity contribution in [2.24, 2.45) is 5.73 Å². The zero-order valence-electron chi connectivity index (χ0n) is 6.01. The van der Waals surface area contributed by atoms with Crippen molar-refractivity contribution in [2.45, 2.75) is 19.1 Å². The van der Waals surface area contributed by atoms with Crippen molar-refractivity contribution in [1.29, 1.82) is 0 Å². The minimum absolute atomic E-state index is 0. The van der Waals surface area contributed by atoms with Crippen molar-refractivity contribution in [1.82, 2.24) is 0 Å².